The molecule has 0 radical (unpaired) electrons. The number of nitrogens with one attached hydrogen (secondary N) is 3. The third-order valence-corrected chi connectivity index (χ3v) is 6.30. The van der Waals surface area contributed by atoms with Crippen molar-refractivity contribution in [2.24, 2.45) is 0 Å². The van der Waals surface area contributed by atoms with Crippen LogP contribution in [0.4, 0.5) is 0 Å². The molecule has 1 heterocycles. The Hall–Kier alpha value is -3.48. The zero-order valence-corrected chi connectivity index (χ0v) is 19.5. The van der Waals surface area contributed by atoms with Crippen LogP contribution in [0, 0.1) is 0 Å². The van der Waals surface area contributed by atoms with Crippen molar-refractivity contribution in [3.8, 4) is 0 Å². The van der Waals surface area contributed by atoms with E-state index < -0.39 is 6.04 Å². The summed E-state index contributed by atoms with van der Waals surface area (Å²) >= 11 is 0. The lowest BCUT2D eigenvalue weighted by atomic mass is 9.99. The van der Waals surface area contributed by atoms with Crippen LogP contribution in [0.5, 0.6) is 0 Å². The summed E-state index contributed by atoms with van der Waals surface area (Å²) in [5.74, 6) is -0.375. The summed E-state index contributed by atoms with van der Waals surface area (Å²) in [5, 5.41) is 2.93. The summed E-state index contributed by atoms with van der Waals surface area (Å²) in [4.78, 5) is 27.9. The van der Waals surface area contributed by atoms with Gasteiger partial charge in [-0.15, -0.1) is 0 Å². The number of carbonyl (C=O) groups is 2. The highest BCUT2D eigenvalue weighted by atomic mass is 16.2. The van der Waals surface area contributed by atoms with E-state index in [1.807, 2.05) is 54.6 Å². The number of rotatable bonds is 9. The Balaban J connectivity index is 1.32. The number of likely N-dealkylation sites (N-methyl/N-ethyl adjacent to an activating group) is 1. The normalized spacial score (nSPS) is 18.3. The number of benzene rings is 3. The fourth-order valence-electron chi connectivity index (χ4n) is 4.36. The number of nitrogens with zero attached hydrogens (tertiary/aromatic N) is 1. The molecular formula is C28H32N4O2. The molecule has 1 fully saturated rings. The van der Waals surface area contributed by atoms with Crippen LogP contribution in [0.3, 0.4) is 0 Å². The van der Waals surface area contributed by atoms with Gasteiger partial charge in [-0.25, -0.2) is 0 Å². The summed E-state index contributed by atoms with van der Waals surface area (Å²) in [5.41, 5.74) is 9.36. The van der Waals surface area contributed by atoms with Crippen molar-refractivity contribution in [3.05, 3.63) is 108 Å². The van der Waals surface area contributed by atoms with Gasteiger partial charge in [0.05, 0.1) is 0 Å². The summed E-state index contributed by atoms with van der Waals surface area (Å²) in [7, 11) is 1.81. The molecule has 3 aromatic carbocycles. The molecule has 3 unspecified atom stereocenters. The molecule has 34 heavy (non-hydrogen) atoms. The van der Waals surface area contributed by atoms with Crippen LogP contribution >= 0.6 is 0 Å². The molecule has 6 heteroatoms. The highest BCUT2D eigenvalue weighted by molar-refractivity contribution is 5.97. The number of hydrazine groups is 1. The molecule has 3 aromatic rings. The third-order valence-electron chi connectivity index (χ3n) is 6.30. The van der Waals surface area contributed by atoms with Gasteiger partial charge < -0.3 is 10.2 Å². The SMILES string of the molecule is CN(CCCC1CC(c2ccccc2)NN1)C(=O)C(NC(=O)c1ccccc1)c1ccccc1. The van der Waals surface area contributed by atoms with E-state index in [9.17, 15) is 9.59 Å². The number of carbonyl (C=O) groups excluding carboxylic acids is 2. The summed E-state index contributed by atoms with van der Waals surface area (Å²) < 4.78 is 0. The fourth-order valence-corrected chi connectivity index (χ4v) is 4.36. The predicted molar refractivity (Wildman–Crippen MR) is 134 cm³/mol. The Kier molecular flexibility index (Phi) is 8.07. The van der Waals surface area contributed by atoms with E-state index in [1.165, 1.54) is 5.56 Å². The molecule has 0 aliphatic carbocycles. The minimum atomic E-state index is -0.729. The molecule has 176 valence electrons. The first kappa shape index (κ1) is 23.7. The van der Waals surface area contributed by atoms with Crippen LogP contribution in [0.25, 0.3) is 0 Å². The lowest BCUT2D eigenvalue weighted by Gasteiger charge is -2.25. The van der Waals surface area contributed by atoms with E-state index in [1.54, 1.807) is 24.1 Å². The van der Waals surface area contributed by atoms with Crippen molar-refractivity contribution >= 4 is 11.8 Å². The van der Waals surface area contributed by atoms with Gasteiger partial charge in [0, 0.05) is 31.2 Å². The molecular weight excluding hydrogens is 424 g/mol. The molecule has 6 nitrogen and oxygen atoms in total. The number of amides is 2. The number of hydrogen-bond acceptors (Lipinski definition) is 4. The standard InChI is InChI=1S/C28H32N4O2/c1-32(19-11-18-24-20-25(31-30-24)21-12-5-2-6-13-21)28(34)26(22-14-7-3-8-15-22)29-27(33)23-16-9-4-10-17-23/h2-10,12-17,24-26,30-31H,11,18-20H2,1H3,(H,29,33). The van der Waals surface area contributed by atoms with Gasteiger partial charge in [-0.1, -0.05) is 78.9 Å². The molecule has 1 aliphatic heterocycles. The lowest BCUT2D eigenvalue weighted by molar-refractivity contribution is -0.132. The van der Waals surface area contributed by atoms with Gasteiger partial charge in [0.2, 0.25) is 5.91 Å². The molecule has 3 atom stereocenters. The van der Waals surface area contributed by atoms with E-state index in [4.69, 9.17) is 0 Å². The van der Waals surface area contributed by atoms with Gasteiger partial charge in [0.1, 0.15) is 6.04 Å². The maximum Gasteiger partial charge on any atom is 0.252 e. The molecule has 1 aliphatic rings. The Morgan fingerprint density at radius 1 is 0.912 bits per heavy atom. The molecule has 4 rings (SSSR count). The highest BCUT2D eigenvalue weighted by Gasteiger charge is 2.27. The smallest absolute Gasteiger partial charge is 0.252 e. The Morgan fingerprint density at radius 2 is 1.53 bits per heavy atom. The largest absolute Gasteiger partial charge is 0.344 e. The maximum atomic E-state index is 13.4. The van der Waals surface area contributed by atoms with Crippen LogP contribution in [-0.4, -0.2) is 36.3 Å². The van der Waals surface area contributed by atoms with Gasteiger partial charge in [0.15, 0.2) is 0 Å². The first-order chi connectivity index (χ1) is 16.6. The van der Waals surface area contributed by atoms with E-state index >= 15 is 0 Å². The second kappa shape index (κ2) is 11.6. The van der Waals surface area contributed by atoms with E-state index in [-0.39, 0.29) is 11.8 Å². The van der Waals surface area contributed by atoms with Crippen LogP contribution in [0.2, 0.25) is 0 Å². The Morgan fingerprint density at radius 3 is 2.21 bits per heavy atom. The van der Waals surface area contributed by atoms with Crippen molar-refractivity contribution in [1.82, 2.24) is 21.1 Å². The van der Waals surface area contributed by atoms with Crippen molar-refractivity contribution in [1.29, 1.82) is 0 Å². The Labute approximate surface area is 201 Å². The average molecular weight is 457 g/mol. The molecule has 3 N–H and O–H groups in total. The molecule has 0 bridgehead atoms. The molecule has 0 saturated carbocycles. The summed E-state index contributed by atoms with van der Waals surface area (Å²) in [6.45, 7) is 0.623. The second-order valence-corrected chi connectivity index (χ2v) is 8.77. The van der Waals surface area contributed by atoms with Gasteiger partial charge >= 0.3 is 0 Å². The predicted octanol–water partition coefficient (Wildman–Crippen LogP) is 4.00. The van der Waals surface area contributed by atoms with Crippen molar-refractivity contribution in [2.75, 3.05) is 13.6 Å². The molecule has 2 amide bonds. The van der Waals surface area contributed by atoms with E-state index in [0.29, 0.717) is 24.2 Å². The molecule has 0 aromatic heterocycles. The van der Waals surface area contributed by atoms with Gasteiger partial charge in [-0.2, -0.15) is 0 Å². The summed E-state index contributed by atoms with van der Waals surface area (Å²) in [6.07, 6.45) is 2.85. The van der Waals surface area contributed by atoms with Crippen LogP contribution < -0.4 is 16.2 Å². The van der Waals surface area contributed by atoms with Crippen molar-refractivity contribution in [3.63, 3.8) is 0 Å². The number of hydrogen-bond donors (Lipinski definition) is 3. The van der Waals surface area contributed by atoms with Gasteiger partial charge in [0.25, 0.3) is 5.91 Å². The molecule has 0 spiro atoms. The highest BCUT2D eigenvalue weighted by Crippen LogP contribution is 2.24. The Bertz CT molecular complexity index is 1060. The van der Waals surface area contributed by atoms with Crippen LogP contribution in [0.15, 0.2) is 91.0 Å². The monoisotopic (exact) mass is 456 g/mol. The van der Waals surface area contributed by atoms with Crippen LogP contribution in [-0.2, 0) is 4.79 Å². The molecule has 1 saturated heterocycles. The zero-order chi connectivity index (χ0) is 23.8. The second-order valence-electron chi connectivity index (χ2n) is 8.77. The van der Waals surface area contributed by atoms with Gasteiger partial charge in [-0.3, -0.25) is 20.4 Å². The van der Waals surface area contributed by atoms with Crippen molar-refractivity contribution < 1.29 is 9.59 Å². The lowest BCUT2D eigenvalue weighted by Crippen LogP contribution is -2.42. The van der Waals surface area contributed by atoms with Crippen molar-refractivity contribution in [2.45, 2.75) is 37.4 Å². The first-order valence-electron chi connectivity index (χ1n) is 11.8. The topological polar surface area (TPSA) is 73.5 Å². The van der Waals surface area contributed by atoms with E-state index in [0.717, 1.165) is 24.8 Å². The van der Waals surface area contributed by atoms with E-state index in [2.05, 4.69) is 40.4 Å². The third kappa shape index (κ3) is 6.10. The maximum absolute atomic E-state index is 13.4. The minimum absolute atomic E-state index is 0.116. The fraction of sp³-hybridized carbons (Fsp3) is 0.286. The zero-order valence-electron chi connectivity index (χ0n) is 19.5. The quantitative estimate of drug-likeness (QED) is 0.455. The van der Waals surface area contributed by atoms with Gasteiger partial charge in [-0.05, 0) is 42.5 Å². The minimum Gasteiger partial charge on any atom is -0.344 e. The first-order valence-corrected chi connectivity index (χ1v) is 11.8. The average Bonchev–Trinajstić information content (AvgIpc) is 3.37. The summed E-state index contributed by atoms with van der Waals surface area (Å²) in [6, 6.07) is 28.8. The van der Waals surface area contributed by atoms with Crippen LogP contribution in [0.1, 0.15) is 52.8 Å².